The van der Waals surface area contributed by atoms with Gasteiger partial charge in [-0.25, -0.2) is 4.98 Å². The summed E-state index contributed by atoms with van der Waals surface area (Å²) in [5, 5.41) is 7.55. The molecule has 0 unspecified atom stereocenters. The molecule has 4 nitrogen and oxygen atoms in total. The van der Waals surface area contributed by atoms with Crippen LogP contribution in [0, 0.1) is 5.41 Å². The first kappa shape index (κ1) is 10.8. The number of rotatable bonds is 3. The van der Waals surface area contributed by atoms with Crippen molar-refractivity contribution in [2.24, 2.45) is 5.73 Å². The molecule has 0 aliphatic carbocycles. The van der Waals surface area contributed by atoms with Gasteiger partial charge in [0, 0.05) is 11.8 Å². The van der Waals surface area contributed by atoms with E-state index >= 15 is 0 Å². The minimum atomic E-state index is -0.0917. The highest BCUT2D eigenvalue weighted by atomic mass is 35.5. The van der Waals surface area contributed by atoms with Gasteiger partial charge in [-0.15, -0.1) is 0 Å². The van der Waals surface area contributed by atoms with E-state index in [4.69, 9.17) is 27.5 Å². The molecule has 5 heteroatoms. The summed E-state index contributed by atoms with van der Waals surface area (Å²) >= 11 is 5.94. The zero-order valence-electron chi connectivity index (χ0n) is 8.04. The third-order valence-electron chi connectivity index (χ3n) is 1.49. The average Bonchev–Trinajstić information content (AvgIpc) is 2.07. The van der Waals surface area contributed by atoms with Crippen LogP contribution in [0.25, 0.3) is 0 Å². The van der Waals surface area contributed by atoms with Crippen LogP contribution in [0.4, 0.5) is 0 Å². The van der Waals surface area contributed by atoms with Crippen molar-refractivity contribution in [2.75, 3.05) is 0 Å². The van der Waals surface area contributed by atoms with Crippen molar-refractivity contribution in [3.8, 4) is 5.88 Å². The van der Waals surface area contributed by atoms with Crippen LogP contribution >= 0.6 is 11.6 Å². The van der Waals surface area contributed by atoms with Gasteiger partial charge in [-0.1, -0.05) is 11.6 Å². The maximum Gasteiger partial charge on any atom is 0.233 e. The maximum absolute atomic E-state index is 7.27. The van der Waals surface area contributed by atoms with E-state index in [1.807, 2.05) is 13.8 Å². The summed E-state index contributed by atoms with van der Waals surface area (Å²) in [6, 6.07) is 1.58. The Morgan fingerprint density at radius 1 is 1.64 bits per heavy atom. The lowest BCUT2D eigenvalue weighted by Gasteiger charge is -2.11. The third-order valence-corrected chi connectivity index (χ3v) is 1.86. The van der Waals surface area contributed by atoms with E-state index in [2.05, 4.69) is 4.98 Å². The lowest BCUT2D eigenvalue weighted by molar-refractivity contribution is 0.233. The highest BCUT2D eigenvalue weighted by Crippen LogP contribution is 2.25. The number of nitrogens with zero attached hydrogens (tertiary/aromatic N) is 1. The van der Waals surface area contributed by atoms with Gasteiger partial charge in [-0.2, -0.15) is 0 Å². The number of nitrogens with two attached hydrogens (primary N) is 1. The Labute approximate surface area is 87.6 Å². The number of nitrogen functional groups attached to an aromatic ring is 1. The van der Waals surface area contributed by atoms with Crippen molar-refractivity contribution < 1.29 is 4.74 Å². The quantitative estimate of drug-likeness (QED) is 0.594. The summed E-state index contributed by atoms with van der Waals surface area (Å²) in [4.78, 5) is 3.96. The van der Waals surface area contributed by atoms with Crippen molar-refractivity contribution in [1.82, 2.24) is 4.98 Å². The van der Waals surface area contributed by atoms with Gasteiger partial charge in [-0.05, 0) is 19.9 Å². The lowest BCUT2D eigenvalue weighted by Crippen LogP contribution is -2.14. The molecule has 0 fully saturated rings. The molecule has 0 radical (unpaired) electrons. The fourth-order valence-corrected chi connectivity index (χ4v) is 1.20. The van der Waals surface area contributed by atoms with E-state index < -0.39 is 0 Å². The van der Waals surface area contributed by atoms with Gasteiger partial charge in [0.05, 0.1) is 6.10 Å². The zero-order chi connectivity index (χ0) is 10.7. The van der Waals surface area contributed by atoms with Crippen LogP contribution in [0.3, 0.4) is 0 Å². The van der Waals surface area contributed by atoms with Crippen LogP contribution in [0.5, 0.6) is 5.88 Å². The Morgan fingerprint density at radius 2 is 2.29 bits per heavy atom. The van der Waals surface area contributed by atoms with Crippen molar-refractivity contribution in [3.63, 3.8) is 0 Å². The second-order valence-electron chi connectivity index (χ2n) is 3.06. The molecule has 0 bridgehead atoms. The summed E-state index contributed by atoms with van der Waals surface area (Å²) in [5.74, 6) is 0.223. The summed E-state index contributed by atoms with van der Waals surface area (Å²) in [5.41, 5.74) is 5.77. The minimum Gasteiger partial charge on any atom is -0.474 e. The highest BCUT2D eigenvalue weighted by Gasteiger charge is 2.11. The number of halogens is 1. The molecule has 14 heavy (non-hydrogen) atoms. The number of amidine groups is 1. The molecule has 0 aliphatic heterocycles. The average molecular weight is 214 g/mol. The largest absolute Gasteiger partial charge is 0.474 e. The summed E-state index contributed by atoms with van der Waals surface area (Å²) < 4.78 is 5.34. The number of ether oxygens (including phenoxy) is 1. The fraction of sp³-hybridized carbons (Fsp3) is 0.333. The van der Waals surface area contributed by atoms with Gasteiger partial charge in [0.1, 0.15) is 10.9 Å². The standard InChI is InChI=1S/C9H12ClN3O/c1-5(2)14-9-7(10)6(8(11)12)3-4-13-9/h3-5H,1-2H3,(H3,11,12). The second kappa shape index (κ2) is 4.28. The minimum absolute atomic E-state index is 0.0118. The van der Waals surface area contributed by atoms with Crippen LogP contribution in [0.15, 0.2) is 12.3 Å². The molecule has 0 saturated carbocycles. The van der Waals surface area contributed by atoms with Crippen LogP contribution < -0.4 is 10.5 Å². The molecule has 0 aromatic carbocycles. The smallest absolute Gasteiger partial charge is 0.233 e. The summed E-state index contributed by atoms with van der Waals surface area (Å²) in [6.07, 6.45) is 1.50. The SMILES string of the molecule is CC(C)Oc1nccc(C(=N)N)c1Cl. The molecule has 1 rings (SSSR count). The highest BCUT2D eigenvalue weighted by molar-refractivity contribution is 6.35. The molecule has 0 amide bonds. The molecule has 0 spiro atoms. The van der Waals surface area contributed by atoms with Gasteiger partial charge >= 0.3 is 0 Å². The number of aromatic nitrogens is 1. The second-order valence-corrected chi connectivity index (χ2v) is 3.44. The molecule has 0 atom stereocenters. The van der Waals surface area contributed by atoms with Gasteiger partial charge in [0.2, 0.25) is 5.88 Å². The monoisotopic (exact) mass is 213 g/mol. The lowest BCUT2D eigenvalue weighted by atomic mass is 10.2. The van der Waals surface area contributed by atoms with Crippen LogP contribution in [0.2, 0.25) is 5.02 Å². The molecule has 1 aromatic heterocycles. The van der Waals surface area contributed by atoms with Gasteiger partial charge in [0.15, 0.2) is 0 Å². The molecule has 1 aromatic rings. The topological polar surface area (TPSA) is 72.0 Å². The Balaban J connectivity index is 3.07. The predicted molar refractivity (Wildman–Crippen MR) is 56.0 cm³/mol. The number of hydrogen-bond acceptors (Lipinski definition) is 3. The van der Waals surface area contributed by atoms with E-state index in [0.29, 0.717) is 11.4 Å². The van der Waals surface area contributed by atoms with Crippen molar-refractivity contribution in [3.05, 3.63) is 22.8 Å². The van der Waals surface area contributed by atoms with Crippen LogP contribution in [-0.2, 0) is 0 Å². The number of hydrogen-bond donors (Lipinski definition) is 2. The van der Waals surface area contributed by atoms with Crippen molar-refractivity contribution in [2.45, 2.75) is 20.0 Å². The van der Waals surface area contributed by atoms with Crippen molar-refractivity contribution in [1.29, 1.82) is 5.41 Å². The Bertz CT molecular complexity index is 352. The summed E-state index contributed by atoms with van der Waals surface area (Å²) in [6.45, 7) is 3.75. The van der Waals surface area contributed by atoms with Gasteiger partial charge in [-0.3, -0.25) is 5.41 Å². The molecular weight excluding hydrogens is 202 g/mol. The first-order valence-electron chi connectivity index (χ1n) is 4.18. The molecule has 3 N–H and O–H groups in total. The maximum atomic E-state index is 7.27. The van der Waals surface area contributed by atoms with E-state index in [0.717, 1.165) is 0 Å². The van der Waals surface area contributed by atoms with E-state index in [1.54, 1.807) is 6.07 Å². The first-order valence-corrected chi connectivity index (χ1v) is 4.55. The molecule has 0 aliphatic rings. The molecule has 0 saturated heterocycles. The Hall–Kier alpha value is -1.29. The fourth-order valence-electron chi connectivity index (χ4n) is 0.938. The first-order chi connectivity index (χ1) is 6.52. The zero-order valence-corrected chi connectivity index (χ0v) is 8.80. The van der Waals surface area contributed by atoms with Crippen LogP contribution in [0.1, 0.15) is 19.4 Å². The summed E-state index contributed by atoms with van der Waals surface area (Å²) in [7, 11) is 0. The predicted octanol–water partition coefficient (Wildman–Crippen LogP) is 1.81. The molecule has 76 valence electrons. The Morgan fingerprint density at radius 3 is 2.79 bits per heavy atom. The van der Waals surface area contributed by atoms with E-state index in [9.17, 15) is 0 Å². The normalized spacial score (nSPS) is 10.3. The van der Waals surface area contributed by atoms with E-state index in [-0.39, 0.29) is 17.0 Å². The van der Waals surface area contributed by atoms with Crippen molar-refractivity contribution >= 4 is 17.4 Å². The third kappa shape index (κ3) is 2.35. The van der Waals surface area contributed by atoms with Gasteiger partial charge in [0.25, 0.3) is 0 Å². The Kier molecular flexibility index (Phi) is 3.30. The van der Waals surface area contributed by atoms with Gasteiger partial charge < -0.3 is 10.5 Å². The van der Waals surface area contributed by atoms with Crippen LogP contribution in [-0.4, -0.2) is 16.9 Å². The molecule has 1 heterocycles. The number of nitrogens with one attached hydrogen (secondary N) is 1. The number of pyridine rings is 1. The van der Waals surface area contributed by atoms with E-state index in [1.165, 1.54) is 6.20 Å². The molecular formula is C9H12ClN3O.